The fourth-order valence-electron chi connectivity index (χ4n) is 7.91. The molecule has 0 spiro atoms. The highest BCUT2D eigenvalue weighted by atomic mass is 16.3. The second-order valence-electron chi connectivity index (χ2n) is 13.9. The molecule has 0 atom stereocenters. The molecule has 56 heavy (non-hydrogen) atoms. The van der Waals surface area contributed by atoms with E-state index in [1.807, 2.05) is 60.7 Å². The molecule has 0 saturated heterocycles. The number of fused-ring (bicyclic) bond motifs is 6. The largest absolute Gasteiger partial charge is 0.456 e. The molecule has 0 aliphatic carbocycles. The van der Waals surface area contributed by atoms with E-state index >= 15 is 0 Å². The highest BCUT2D eigenvalue weighted by molar-refractivity contribution is 6.21. The number of hydrogen-bond donors (Lipinski definition) is 0. The lowest BCUT2D eigenvalue weighted by atomic mass is 9.92. The molecule has 0 N–H and O–H groups in total. The Morgan fingerprint density at radius 1 is 0.286 bits per heavy atom. The minimum Gasteiger partial charge on any atom is -0.456 e. The third-order valence-corrected chi connectivity index (χ3v) is 10.6. The number of benzene rings is 8. The summed E-state index contributed by atoms with van der Waals surface area (Å²) in [4.78, 5) is 15.1. The van der Waals surface area contributed by atoms with Crippen LogP contribution in [0.25, 0.3) is 111 Å². The van der Waals surface area contributed by atoms with Gasteiger partial charge in [0.25, 0.3) is 0 Å². The minimum atomic E-state index is 0.574. The van der Waals surface area contributed by atoms with Gasteiger partial charge in [-0.1, -0.05) is 152 Å². The zero-order valence-electron chi connectivity index (χ0n) is 30.1. The molecular weight excluding hydrogens is 687 g/mol. The summed E-state index contributed by atoms with van der Waals surface area (Å²) >= 11 is 0. The van der Waals surface area contributed by atoms with Crippen molar-refractivity contribution < 1.29 is 8.83 Å². The van der Waals surface area contributed by atoms with Crippen molar-refractivity contribution in [2.45, 2.75) is 0 Å². The lowest BCUT2D eigenvalue weighted by Gasteiger charge is -2.10. The van der Waals surface area contributed by atoms with E-state index in [0.29, 0.717) is 17.5 Å². The van der Waals surface area contributed by atoms with Gasteiger partial charge in [0.2, 0.25) is 0 Å². The smallest absolute Gasteiger partial charge is 0.164 e. The Bertz CT molecular complexity index is 3240. The van der Waals surface area contributed by atoms with Gasteiger partial charge in [-0.15, -0.1) is 0 Å². The summed E-state index contributed by atoms with van der Waals surface area (Å²) in [6.45, 7) is 0. The summed E-state index contributed by atoms with van der Waals surface area (Å²) in [7, 11) is 0. The van der Waals surface area contributed by atoms with Gasteiger partial charge in [-0.05, 0) is 64.2 Å². The number of nitrogens with zero attached hydrogens (tertiary/aromatic N) is 3. The van der Waals surface area contributed by atoms with Crippen molar-refractivity contribution in [2.24, 2.45) is 0 Å². The maximum Gasteiger partial charge on any atom is 0.164 e. The van der Waals surface area contributed by atoms with Crippen molar-refractivity contribution in [1.29, 1.82) is 0 Å². The summed E-state index contributed by atoms with van der Waals surface area (Å²) in [5.74, 6) is 1.79. The van der Waals surface area contributed by atoms with Crippen molar-refractivity contribution in [2.75, 3.05) is 0 Å². The zero-order valence-corrected chi connectivity index (χ0v) is 30.1. The molecule has 0 amide bonds. The average molecular weight is 718 g/mol. The van der Waals surface area contributed by atoms with Crippen molar-refractivity contribution in [1.82, 2.24) is 15.0 Å². The predicted molar refractivity (Wildman–Crippen MR) is 227 cm³/mol. The first-order valence-corrected chi connectivity index (χ1v) is 18.7. The third-order valence-electron chi connectivity index (χ3n) is 10.6. The van der Waals surface area contributed by atoms with Crippen molar-refractivity contribution >= 4 is 43.9 Å². The normalized spacial score (nSPS) is 11.6. The van der Waals surface area contributed by atoms with Crippen LogP contribution in [-0.4, -0.2) is 15.0 Å². The topological polar surface area (TPSA) is 65.0 Å². The van der Waals surface area contributed by atoms with E-state index in [1.165, 1.54) is 0 Å². The Hall–Kier alpha value is -7.63. The van der Waals surface area contributed by atoms with Crippen LogP contribution in [-0.2, 0) is 0 Å². The fourth-order valence-corrected chi connectivity index (χ4v) is 7.91. The quantitative estimate of drug-likeness (QED) is 0.171. The van der Waals surface area contributed by atoms with E-state index in [0.717, 1.165) is 93.9 Å². The van der Waals surface area contributed by atoms with Crippen LogP contribution in [0.2, 0.25) is 0 Å². The van der Waals surface area contributed by atoms with E-state index in [9.17, 15) is 0 Å². The molecule has 8 aromatic carbocycles. The second kappa shape index (κ2) is 13.0. The molecule has 5 nitrogen and oxygen atoms in total. The molecule has 0 aliphatic rings. The van der Waals surface area contributed by atoms with Gasteiger partial charge in [0.1, 0.15) is 22.3 Å². The van der Waals surface area contributed by atoms with E-state index < -0.39 is 0 Å². The van der Waals surface area contributed by atoms with E-state index in [-0.39, 0.29) is 0 Å². The van der Waals surface area contributed by atoms with Gasteiger partial charge in [0, 0.05) is 43.8 Å². The molecule has 0 radical (unpaired) electrons. The zero-order chi connectivity index (χ0) is 37.0. The number of rotatable bonds is 6. The van der Waals surface area contributed by atoms with E-state index in [1.54, 1.807) is 0 Å². The SMILES string of the molecule is c1ccc(-c2cccc(-c3nc(-c4ccccc4)nc(-c4ccc5c(c4)oc4cccc(-c6ccc(-c7ccccc7)c7oc8ccccc8c67)c45)n3)c2)cc1. The first-order valence-electron chi connectivity index (χ1n) is 18.7. The van der Waals surface area contributed by atoms with Crippen LogP contribution in [0.1, 0.15) is 0 Å². The van der Waals surface area contributed by atoms with Gasteiger partial charge < -0.3 is 8.83 Å². The number of para-hydroxylation sites is 1. The minimum absolute atomic E-state index is 0.574. The number of hydrogen-bond acceptors (Lipinski definition) is 5. The first-order chi connectivity index (χ1) is 27.7. The molecule has 11 aromatic rings. The van der Waals surface area contributed by atoms with Crippen molar-refractivity contribution in [3.8, 4) is 67.5 Å². The van der Waals surface area contributed by atoms with Crippen LogP contribution in [0, 0.1) is 0 Å². The highest BCUT2D eigenvalue weighted by Gasteiger charge is 2.21. The summed E-state index contributed by atoms with van der Waals surface area (Å²) in [5, 5.41) is 4.23. The van der Waals surface area contributed by atoms with Gasteiger partial charge in [0.05, 0.1) is 0 Å². The Morgan fingerprint density at radius 3 is 1.59 bits per heavy atom. The van der Waals surface area contributed by atoms with Crippen molar-refractivity contribution in [3.05, 3.63) is 188 Å². The number of furan rings is 2. The summed E-state index contributed by atoms with van der Waals surface area (Å²) < 4.78 is 13.3. The lowest BCUT2D eigenvalue weighted by Crippen LogP contribution is -2.00. The maximum atomic E-state index is 6.65. The Morgan fingerprint density at radius 2 is 0.821 bits per heavy atom. The molecule has 0 fully saturated rings. The maximum absolute atomic E-state index is 6.65. The van der Waals surface area contributed by atoms with Crippen LogP contribution in [0.5, 0.6) is 0 Å². The molecule has 0 aliphatic heterocycles. The monoisotopic (exact) mass is 717 g/mol. The molecule has 0 unspecified atom stereocenters. The predicted octanol–water partition coefficient (Wildman–Crippen LogP) is 13.7. The Kier molecular flexibility index (Phi) is 7.42. The third kappa shape index (κ3) is 5.37. The highest BCUT2D eigenvalue weighted by Crippen LogP contribution is 2.45. The van der Waals surface area contributed by atoms with Crippen molar-refractivity contribution in [3.63, 3.8) is 0 Å². The van der Waals surface area contributed by atoms with Crippen LogP contribution in [0.3, 0.4) is 0 Å². The average Bonchev–Trinajstić information content (AvgIpc) is 3.86. The summed E-state index contributed by atoms with van der Waals surface area (Å²) in [6, 6.07) is 64.4. The molecule has 3 heterocycles. The molecular formula is C51H31N3O2. The Labute approximate surface area is 322 Å². The number of aromatic nitrogens is 3. The second-order valence-corrected chi connectivity index (χ2v) is 13.9. The van der Waals surface area contributed by atoms with Crippen LogP contribution < -0.4 is 0 Å². The van der Waals surface area contributed by atoms with E-state index in [2.05, 4.69) is 127 Å². The standard InChI is InChI=1S/C51H31N3O2/c1-4-14-32(15-5-1)35-20-12-21-36(30-35)50-52-49(34-18-8-3-9-19-34)53-51(54-50)37-26-27-42-45(31-37)55-44-25-13-23-39(46(42)44)40-29-28-38(33-16-6-2-7-17-33)48-47(40)41-22-10-11-24-43(41)56-48/h1-31H. The first kappa shape index (κ1) is 31.9. The van der Waals surface area contributed by atoms with Crippen LogP contribution in [0.4, 0.5) is 0 Å². The summed E-state index contributed by atoms with van der Waals surface area (Å²) in [6.07, 6.45) is 0. The molecule has 0 bridgehead atoms. The molecule has 11 rings (SSSR count). The summed E-state index contributed by atoms with van der Waals surface area (Å²) in [5.41, 5.74) is 12.6. The van der Waals surface area contributed by atoms with Gasteiger partial charge in [0.15, 0.2) is 17.5 Å². The van der Waals surface area contributed by atoms with E-state index in [4.69, 9.17) is 23.8 Å². The van der Waals surface area contributed by atoms with Gasteiger partial charge >= 0.3 is 0 Å². The lowest BCUT2D eigenvalue weighted by molar-refractivity contribution is 0.669. The van der Waals surface area contributed by atoms with Gasteiger partial charge in [-0.3, -0.25) is 0 Å². The van der Waals surface area contributed by atoms with Gasteiger partial charge in [-0.25, -0.2) is 15.0 Å². The molecule has 5 heteroatoms. The molecule has 262 valence electrons. The Balaban J connectivity index is 1.08. The van der Waals surface area contributed by atoms with Gasteiger partial charge in [-0.2, -0.15) is 0 Å². The molecule has 3 aromatic heterocycles. The van der Waals surface area contributed by atoms with Crippen LogP contribution >= 0.6 is 0 Å². The fraction of sp³-hybridized carbons (Fsp3) is 0. The molecule has 0 saturated carbocycles. The van der Waals surface area contributed by atoms with Crippen LogP contribution in [0.15, 0.2) is 197 Å².